The molecule has 0 radical (unpaired) electrons. The van der Waals surface area contributed by atoms with Crippen molar-refractivity contribution in [3.05, 3.63) is 29.3 Å². The molecule has 31 heavy (non-hydrogen) atoms. The Morgan fingerprint density at radius 3 is 1.97 bits per heavy atom. The molecule has 176 valence electrons. The van der Waals surface area contributed by atoms with Crippen LogP contribution in [-0.4, -0.2) is 45.5 Å². The van der Waals surface area contributed by atoms with Crippen molar-refractivity contribution in [2.75, 3.05) is 33.0 Å². The SMILES string of the molecule is CCC[C@H]1CO[C@H](CC[C@H]2CO[C@H](c3cc(F)c(OCC(F)(F)F)c(F)c3)OC2)OC1. The molecular formula is C21H27F5O5. The lowest BCUT2D eigenvalue weighted by atomic mass is 10.0. The van der Waals surface area contributed by atoms with Crippen LogP contribution in [-0.2, 0) is 18.9 Å². The summed E-state index contributed by atoms with van der Waals surface area (Å²) in [6, 6.07) is 1.71. The van der Waals surface area contributed by atoms with Crippen LogP contribution in [0.4, 0.5) is 22.0 Å². The van der Waals surface area contributed by atoms with Crippen molar-refractivity contribution in [1.82, 2.24) is 0 Å². The van der Waals surface area contributed by atoms with Gasteiger partial charge >= 0.3 is 6.18 Å². The van der Waals surface area contributed by atoms with E-state index in [1.807, 2.05) is 0 Å². The van der Waals surface area contributed by atoms with Crippen LogP contribution in [0.5, 0.6) is 5.75 Å². The average molecular weight is 454 g/mol. The topological polar surface area (TPSA) is 46.2 Å². The van der Waals surface area contributed by atoms with Gasteiger partial charge in [0.25, 0.3) is 0 Å². The lowest BCUT2D eigenvalue weighted by molar-refractivity contribution is -0.220. The highest BCUT2D eigenvalue weighted by molar-refractivity contribution is 5.32. The Kier molecular flexibility index (Phi) is 8.49. The highest BCUT2D eigenvalue weighted by Gasteiger charge is 2.31. The molecule has 0 amide bonds. The van der Waals surface area contributed by atoms with Gasteiger partial charge in [-0.05, 0) is 31.4 Å². The van der Waals surface area contributed by atoms with Gasteiger partial charge in [0.2, 0.25) is 0 Å². The van der Waals surface area contributed by atoms with Crippen molar-refractivity contribution in [2.24, 2.45) is 11.8 Å². The molecule has 0 atom stereocenters. The first-order valence-electron chi connectivity index (χ1n) is 10.4. The van der Waals surface area contributed by atoms with Gasteiger partial charge in [-0.2, -0.15) is 13.2 Å². The van der Waals surface area contributed by atoms with Gasteiger partial charge in [0, 0.05) is 17.4 Å². The Balaban J connectivity index is 1.44. The lowest BCUT2D eigenvalue weighted by Crippen LogP contribution is -2.33. The molecule has 0 aromatic heterocycles. The Morgan fingerprint density at radius 2 is 1.42 bits per heavy atom. The van der Waals surface area contributed by atoms with Crippen LogP contribution in [0.15, 0.2) is 12.1 Å². The van der Waals surface area contributed by atoms with Gasteiger partial charge in [-0.15, -0.1) is 0 Å². The Morgan fingerprint density at radius 1 is 0.871 bits per heavy atom. The third kappa shape index (κ3) is 7.27. The smallest absolute Gasteiger partial charge is 0.422 e. The predicted molar refractivity (Wildman–Crippen MR) is 99.4 cm³/mol. The molecule has 2 heterocycles. The third-order valence-electron chi connectivity index (χ3n) is 5.18. The van der Waals surface area contributed by atoms with E-state index in [0.717, 1.165) is 31.4 Å². The summed E-state index contributed by atoms with van der Waals surface area (Å²) in [6.45, 7) is 2.35. The summed E-state index contributed by atoms with van der Waals surface area (Å²) >= 11 is 0. The van der Waals surface area contributed by atoms with Crippen LogP contribution in [0.25, 0.3) is 0 Å². The van der Waals surface area contributed by atoms with E-state index in [1.54, 1.807) is 0 Å². The zero-order valence-corrected chi connectivity index (χ0v) is 17.3. The molecule has 1 aromatic rings. The zero-order valence-electron chi connectivity index (χ0n) is 17.3. The first-order valence-corrected chi connectivity index (χ1v) is 10.4. The van der Waals surface area contributed by atoms with E-state index in [4.69, 9.17) is 18.9 Å². The highest BCUT2D eigenvalue weighted by atomic mass is 19.4. The van der Waals surface area contributed by atoms with Crippen molar-refractivity contribution < 1.29 is 45.6 Å². The standard InChI is InChI=1S/C21H27F5O5/c1-2-3-13-8-27-18(28-9-13)5-4-14-10-29-20(30-11-14)15-6-16(22)19(17(23)7-15)31-12-21(24,25)26/h6-7,13-14,18,20H,2-5,8-12H2,1H3/t13-,14-,18-,20-. The second-order valence-electron chi connectivity index (χ2n) is 7.91. The van der Waals surface area contributed by atoms with Crippen LogP contribution >= 0.6 is 0 Å². The minimum atomic E-state index is -4.70. The van der Waals surface area contributed by atoms with E-state index in [0.29, 0.717) is 38.8 Å². The van der Waals surface area contributed by atoms with Crippen LogP contribution in [0.2, 0.25) is 0 Å². The number of hydrogen-bond donors (Lipinski definition) is 0. The minimum Gasteiger partial charge on any atom is -0.478 e. The van der Waals surface area contributed by atoms with Gasteiger partial charge in [-0.1, -0.05) is 13.3 Å². The molecule has 5 nitrogen and oxygen atoms in total. The summed E-state index contributed by atoms with van der Waals surface area (Å²) < 4.78 is 91.6. The predicted octanol–water partition coefficient (Wildman–Crippen LogP) is 5.14. The summed E-state index contributed by atoms with van der Waals surface area (Å²) in [5.74, 6) is -3.07. The van der Waals surface area contributed by atoms with E-state index >= 15 is 0 Å². The van der Waals surface area contributed by atoms with E-state index in [-0.39, 0.29) is 17.8 Å². The molecule has 2 aliphatic rings. The Labute approximate surface area is 177 Å². The number of benzene rings is 1. The maximum Gasteiger partial charge on any atom is 0.422 e. The summed E-state index contributed by atoms with van der Waals surface area (Å²) in [5.41, 5.74) is 0.0359. The summed E-state index contributed by atoms with van der Waals surface area (Å²) in [4.78, 5) is 0. The molecule has 0 bridgehead atoms. The van der Waals surface area contributed by atoms with E-state index in [1.165, 1.54) is 0 Å². The molecule has 0 N–H and O–H groups in total. The Bertz CT molecular complexity index is 675. The van der Waals surface area contributed by atoms with E-state index in [9.17, 15) is 22.0 Å². The summed E-state index contributed by atoms with van der Waals surface area (Å²) in [6.07, 6.45) is -2.36. The molecule has 0 unspecified atom stereocenters. The molecule has 10 heteroatoms. The second-order valence-corrected chi connectivity index (χ2v) is 7.91. The fraction of sp³-hybridized carbons (Fsp3) is 0.714. The first-order chi connectivity index (χ1) is 14.7. The fourth-order valence-electron chi connectivity index (χ4n) is 3.61. The summed E-state index contributed by atoms with van der Waals surface area (Å²) in [7, 11) is 0. The molecule has 2 fully saturated rings. The van der Waals surface area contributed by atoms with Crippen molar-refractivity contribution in [1.29, 1.82) is 0 Å². The van der Waals surface area contributed by atoms with E-state index < -0.39 is 36.5 Å². The number of alkyl halides is 3. The van der Waals surface area contributed by atoms with Gasteiger partial charge in [0.15, 0.2) is 36.6 Å². The van der Waals surface area contributed by atoms with Gasteiger partial charge in [-0.3, -0.25) is 0 Å². The van der Waals surface area contributed by atoms with Gasteiger partial charge in [0.05, 0.1) is 26.4 Å². The third-order valence-corrected chi connectivity index (χ3v) is 5.18. The molecule has 0 spiro atoms. The largest absolute Gasteiger partial charge is 0.478 e. The monoisotopic (exact) mass is 454 g/mol. The minimum absolute atomic E-state index is 0.0359. The van der Waals surface area contributed by atoms with Crippen molar-refractivity contribution >= 4 is 0 Å². The lowest BCUT2D eigenvalue weighted by Gasteiger charge is -2.32. The Hall–Kier alpha value is -1.49. The van der Waals surface area contributed by atoms with Crippen LogP contribution < -0.4 is 4.74 Å². The maximum absolute atomic E-state index is 14.0. The molecule has 2 aliphatic heterocycles. The van der Waals surface area contributed by atoms with Crippen molar-refractivity contribution in [3.63, 3.8) is 0 Å². The molecule has 3 rings (SSSR count). The zero-order chi connectivity index (χ0) is 22.4. The molecule has 1 aromatic carbocycles. The number of halogens is 5. The molecule has 0 aliphatic carbocycles. The maximum atomic E-state index is 14.0. The normalized spacial score (nSPS) is 27.3. The quantitative estimate of drug-likeness (QED) is 0.510. The molecule has 0 saturated carbocycles. The summed E-state index contributed by atoms with van der Waals surface area (Å²) in [5, 5.41) is 0. The van der Waals surface area contributed by atoms with Crippen LogP contribution in [0.1, 0.15) is 44.5 Å². The fourth-order valence-corrected chi connectivity index (χ4v) is 3.61. The van der Waals surface area contributed by atoms with E-state index in [2.05, 4.69) is 11.7 Å². The van der Waals surface area contributed by atoms with Gasteiger partial charge in [0.1, 0.15) is 0 Å². The first kappa shape index (κ1) is 24.2. The second kappa shape index (κ2) is 10.9. The molecular weight excluding hydrogens is 427 g/mol. The average Bonchev–Trinajstić information content (AvgIpc) is 2.72. The van der Waals surface area contributed by atoms with Crippen LogP contribution in [0.3, 0.4) is 0 Å². The molecule has 2 saturated heterocycles. The van der Waals surface area contributed by atoms with Crippen LogP contribution in [0, 0.1) is 23.5 Å². The van der Waals surface area contributed by atoms with Gasteiger partial charge in [-0.25, -0.2) is 8.78 Å². The highest BCUT2D eigenvalue weighted by Crippen LogP contribution is 2.32. The number of hydrogen-bond acceptors (Lipinski definition) is 5. The van der Waals surface area contributed by atoms with Crippen molar-refractivity contribution in [3.8, 4) is 5.75 Å². The van der Waals surface area contributed by atoms with Crippen molar-refractivity contribution in [2.45, 2.75) is 51.4 Å². The number of ether oxygens (including phenoxy) is 5. The number of rotatable bonds is 8. The van der Waals surface area contributed by atoms with Gasteiger partial charge < -0.3 is 23.7 Å².